The van der Waals surface area contributed by atoms with E-state index in [1.54, 1.807) is 20.8 Å². The van der Waals surface area contributed by atoms with Crippen LogP contribution >= 0.6 is 11.8 Å². The van der Waals surface area contributed by atoms with Crippen molar-refractivity contribution >= 4 is 23.6 Å². The van der Waals surface area contributed by atoms with Gasteiger partial charge in [-0.05, 0) is 0 Å². The van der Waals surface area contributed by atoms with Gasteiger partial charge in [0.2, 0.25) is 11.8 Å². The van der Waals surface area contributed by atoms with Gasteiger partial charge in [-0.3, -0.25) is 9.59 Å². The van der Waals surface area contributed by atoms with Gasteiger partial charge in [-0.15, -0.1) is 11.8 Å². The predicted octanol–water partition coefficient (Wildman–Crippen LogP) is 2.34. The minimum atomic E-state index is -4.29. The Morgan fingerprint density at radius 1 is 1.29 bits per heavy atom. The lowest BCUT2D eigenvalue weighted by Gasteiger charge is -2.31. The number of carbonyl (C=O) groups is 2. The third-order valence-electron chi connectivity index (χ3n) is 3.18. The van der Waals surface area contributed by atoms with Crippen molar-refractivity contribution in [3.8, 4) is 0 Å². The molecular weight excluding hydrogens is 305 g/mol. The highest BCUT2D eigenvalue weighted by Gasteiger charge is 2.40. The molecule has 1 aliphatic rings. The maximum absolute atomic E-state index is 12.3. The lowest BCUT2D eigenvalue weighted by molar-refractivity contribution is -0.151. The first-order valence-electron chi connectivity index (χ1n) is 6.64. The number of halogens is 3. The summed E-state index contributed by atoms with van der Waals surface area (Å²) in [7, 11) is 1.34. The fraction of sp³-hybridized carbons (Fsp3) is 0.846. The first kappa shape index (κ1) is 18.1. The van der Waals surface area contributed by atoms with Gasteiger partial charge in [0.15, 0.2) is 0 Å². The Kier molecular flexibility index (Phi) is 5.57. The van der Waals surface area contributed by atoms with Crippen LogP contribution in [0.5, 0.6) is 0 Å². The molecule has 122 valence electrons. The van der Waals surface area contributed by atoms with E-state index in [0.717, 1.165) is 4.90 Å². The van der Waals surface area contributed by atoms with Crippen LogP contribution in [0, 0.1) is 5.41 Å². The summed E-state index contributed by atoms with van der Waals surface area (Å²) in [5.74, 6) is 0.244. The van der Waals surface area contributed by atoms with Gasteiger partial charge in [0.1, 0.15) is 6.04 Å². The Balaban J connectivity index is 2.70. The number of hydrogen-bond acceptors (Lipinski definition) is 3. The van der Waals surface area contributed by atoms with E-state index in [-0.39, 0.29) is 12.5 Å². The standard InChI is InChI=1S/C13H21F3N2O2S/c1-12(2,3)11(20)18-8-21-7-9(18)10(19)17(4)6-5-13(14,15)16/h9H,5-8H2,1-4H3/t9-/m0/s1. The Labute approximate surface area is 127 Å². The van der Waals surface area contributed by atoms with Crippen LogP contribution in [0.3, 0.4) is 0 Å². The molecular formula is C13H21F3N2O2S. The maximum Gasteiger partial charge on any atom is 0.390 e. The molecule has 1 heterocycles. The normalized spacial score (nSPS) is 19.8. The number of amides is 2. The number of hydrogen-bond donors (Lipinski definition) is 0. The number of nitrogens with zero attached hydrogens (tertiary/aromatic N) is 2. The van der Waals surface area contributed by atoms with Crippen molar-refractivity contribution in [2.75, 3.05) is 25.2 Å². The van der Waals surface area contributed by atoms with Crippen molar-refractivity contribution in [2.45, 2.75) is 39.4 Å². The molecule has 0 bridgehead atoms. The summed E-state index contributed by atoms with van der Waals surface area (Å²) < 4.78 is 36.6. The predicted molar refractivity (Wildman–Crippen MR) is 75.7 cm³/mol. The minimum absolute atomic E-state index is 0.157. The summed E-state index contributed by atoms with van der Waals surface area (Å²) in [6.07, 6.45) is -5.33. The number of thioether (sulfide) groups is 1. The second kappa shape index (κ2) is 6.46. The third kappa shape index (κ3) is 5.09. The van der Waals surface area contributed by atoms with Crippen LogP contribution in [0.15, 0.2) is 0 Å². The third-order valence-corrected chi connectivity index (χ3v) is 4.19. The van der Waals surface area contributed by atoms with Crippen molar-refractivity contribution in [3.63, 3.8) is 0 Å². The van der Waals surface area contributed by atoms with E-state index in [1.165, 1.54) is 23.7 Å². The first-order chi connectivity index (χ1) is 9.43. The number of alkyl halides is 3. The zero-order chi connectivity index (χ0) is 16.4. The average Bonchev–Trinajstić information content (AvgIpc) is 2.80. The molecule has 21 heavy (non-hydrogen) atoms. The molecule has 1 aliphatic heterocycles. The molecule has 4 nitrogen and oxygen atoms in total. The van der Waals surface area contributed by atoms with Crippen molar-refractivity contribution in [3.05, 3.63) is 0 Å². The molecule has 0 aromatic rings. The largest absolute Gasteiger partial charge is 0.390 e. The summed E-state index contributed by atoms with van der Waals surface area (Å²) in [6.45, 7) is 4.88. The van der Waals surface area contributed by atoms with E-state index in [9.17, 15) is 22.8 Å². The summed E-state index contributed by atoms with van der Waals surface area (Å²) in [5.41, 5.74) is -0.617. The zero-order valence-electron chi connectivity index (χ0n) is 12.7. The molecule has 8 heteroatoms. The molecule has 0 saturated carbocycles. The highest BCUT2D eigenvalue weighted by atomic mass is 32.2. The maximum atomic E-state index is 12.3. The lowest BCUT2D eigenvalue weighted by atomic mass is 9.94. The van der Waals surface area contributed by atoms with Crippen LogP contribution in [-0.2, 0) is 9.59 Å². The number of rotatable bonds is 3. The Morgan fingerprint density at radius 3 is 2.33 bits per heavy atom. The van der Waals surface area contributed by atoms with Gasteiger partial charge in [0.25, 0.3) is 0 Å². The van der Waals surface area contributed by atoms with Crippen LogP contribution in [0.25, 0.3) is 0 Å². The molecule has 1 atom stereocenters. The van der Waals surface area contributed by atoms with E-state index >= 15 is 0 Å². The Bertz CT molecular complexity index is 407. The van der Waals surface area contributed by atoms with E-state index in [1.807, 2.05) is 0 Å². The molecule has 1 rings (SSSR count). The quantitative estimate of drug-likeness (QED) is 0.799. The number of carbonyl (C=O) groups excluding carboxylic acids is 2. The Morgan fingerprint density at radius 2 is 1.86 bits per heavy atom. The van der Waals surface area contributed by atoms with Crippen molar-refractivity contribution < 1.29 is 22.8 Å². The molecule has 0 aromatic carbocycles. The molecule has 0 N–H and O–H groups in total. The van der Waals surface area contributed by atoms with Crippen molar-refractivity contribution in [1.82, 2.24) is 9.80 Å². The summed E-state index contributed by atoms with van der Waals surface area (Å²) in [5, 5.41) is 0. The molecule has 1 saturated heterocycles. The van der Waals surface area contributed by atoms with Crippen molar-refractivity contribution in [1.29, 1.82) is 0 Å². The van der Waals surface area contributed by atoms with Gasteiger partial charge in [-0.25, -0.2) is 0 Å². The fourth-order valence-corrected chi connectivity index (χ4v) is 3.08. The molecule has 0 aliphatic carbocycles. The second-order valence-corrected chi connectivity index (χ2v) is 7.17. The van der Waals surface area contributed by atoms with Gasteiger partial charge in [-0.1, -0.05) is 20.8 Å². The van der Waals surface area contributed by atoms with Crippen LogP contribution < -0.4 is 0 Å². The van der Waals surface area contributed by atoms with Crippen LogP contribution in [0.1, 0.15) is 27.2 Å². The van der Waals surface area contributed by atoms with Crippen LogP contribution in [0.4, 0.5) is 13.2 Å². The SMILES string of the molecule is CN(CCC(F)(F)F)C(=O)[C@@H]1CSCN1C(=O)C(C)(C)C. The molecule has 0 unspecified atom stereocenters. The molecule has 1 fully saturated rings. The monoisotopic (exact) mass is 326 g/mol. The molecule has 2 amide bonds. The molecule has 0 radical (unpaired) electrons. The zero-order valence-corrected chi connectivity index (χ0v) is 13.5. The van der Waals surface area contributed by atoms with Gasteiger partial charge >= 0.3 is 6.18 Å². The summed E-state index contributed by atoms with van der Waals surface area (Å²) in [6, 6.07) is -0.667. The lowest BCUT2D eigenvalue weighted by Crippen LogP contribution is -2.51. The summed E-state index contributed by atoms with van der Waals surface area (Å²) >= 11 is 1.44. The van der Waals surface area contributed by atoms with Crippen molar-refractivity contribution in [2.24, 2.45) is 5.41 Å². The summed E-state index contributed by atoms with van der Waals surface area (Å²) in [4.78, 5) is 27.1. The van der Waals surface area contributed by atoms with E-state index in [0.29, 0.717) is 11.6 Å². The highest BCUT2D eigenvalue weighted by molar-refractivity contribution is 7.99. The highest BCUT2D eigenvalue weighted by Crippen LogP contribution is 2.28. The van der Waals surface area contributed by atoms with Crippen LogP contribution in [-0.4, -0.2) is 59.1 Å². The van der Waals surface area contributed by atoms with Gasteiger partial charge < -0.3 is 9.80 Å². The second-order valence-electron chi connectivity index (χ2n) is 6.17. The Hall–Kier alpha value is -0.920. The van der Waals surface area contributed by atoms with E-state index < -0.39 is 30.0 Å². The van der Waals surface area contributed by atoms with Gasteiger partial charge in [0, 0.05) is 24.8 Å². The number of likely N-dealkylation sites (N-methyl/N-ethyl adjacent to an activating group) is 1. The first-order valence-corrected chi connectivity index (χ1v) is 7.79. The topological polar surface area (TPSA) is 40.6 Å². The van der Waals surface area contributed by atoms with E-state index in [4.69, 9.17) is 0 Å². The molecule has 0 aromatic heterocycles. The van der Waals surface area contributed by atoms with E-state index in [2.05, 4.69) is 0 Å². The van der Waals surface area contributed by atoms with Gasteiger partial charge in [-0.2, -0.15) is 13.2 Å². The van der Waals surface area contributed by atoms with Crippen LogP contribution in [0.2, 0.25) is 0 Å². The smallest absolute Gasteiger partial charge is 0.344 e. The minimum Gasteiger partial charge on any atom is -0.344 e. The van der Waals surface area contributed by atoms with Gasteiger partial charge in [0.05, 0.1) is 12.3 Å². The molecule has 0 spiro atoms. The fourth-order valence-electron chi connectivity index (χ4n) is 1.94. The average molecular weight is 326 g/mol.